The summed E-state index contributed by atoms with van der Waals surface area (Å²) in [5.74, 6) is 1.27. The predicted molar refractivity (Wildman–Crippen MR) is 106 cm³/mol. The highest BCUT2D eigenvalue weighted by Crippen LogP contribution is 2.44. The number of nitrogens with zero attached hydrogens (tertiary/aromatic N) is 2. The summed E-state index contributed by atoms with van der Waals surface area (Å²) in [6, 6.07) is 10.2. The topological polar surface area (TPSA) is 43.7 Å². The van der Waals surface area contributed by atoms with Crippen molar-refractivity contribution >= 4 is 22.7 Å². The van der Waals surface area contributed by atoms with Gasteiger partial charge in [-0.1, -0.05) is 12.1 Å². The summed E-state index contributed by atoms with van der Waals surface area (Å²) in [5, 5.41) is 2.62. The highest BCUT2D eigenvalue weighted by Gasteiger charge is 2.33. The molecule has 0 bridgehead atoms. The molecular weight excluding hydrogens is 363 g/mol. The van der Waals surface area contributed by atoms with Crippen molar-refractivity contribution in [2.24, 2.45) is 4.99 Å². The van der Waals surface area contributed by atoms with Gasteiger partial charge in [0.05, 0.1) is 12.8 Å². The molecule has 4 nitrogen and oxygen atoms in total. The van der Waals surface area contributed by atoms with Crippen molar-refractivity contribution in [2.45, 2.75) is 25.9 Å². The zero-order valence-corrected chi connectivity index (χ0v) is 16.1. The number of halogens is 1. The molecule has 1 aromatic heterocycles. The third-order valence-corrected chi connectivity index (χ3v) is 5.08. The lowest BCUT2D eigenvalue weighted by Crippen LogP contribution is -2.24. The SMILES string of the molecule is COc1cc(-c2csc(N=Cc3ccc(F)cc3)n2)cc2c1OC(C)(C)C2. The Hall–Kier alpha value is -2.73. The van der Waals surface area contributed by atoms with E-state index < -0.39 is 0 Å². The standard InChI is InChI=1S/C21H19FN2O2S/c1-21(2)10-15-8-14(9-18(25-3)19(15)26-21)17-12-27-20(24-17)23-11-13-4-6-16(22)7-5-13/h4-9,11-12H,10H2,1-3H3. The summed E-state index contributed by atoms with van der Waals surface area (Å²) >= 11 is 1.46. The Morgan fingerprint density at radius 3 is 2.78 bits per heavy atom. The fourth-order valence-electron chi connectivity index (χ4n) is 3.11. The molecule has 0 radical (unpaired) electrons. The van der Waals surface area contributed by atoms with Gasteiger partial charge in [-0.05, 0) is 43.7 Å². The molecule has 2 heterocycles. The predicted octanol–water partition coefficient (Wildman–Crippen LogP) is 5.42. The molecule has 138 valence electrons. The maximum absolute atomic E-state index is 13.0. The van der Waals surface area contributed by atoms with Crippen molar-refractivity contribution in [2.75, 3.05) is 7.11 Å². The van der Waals surface area contributed by atoms with E-state index >= 15 is 0 Å². The molecule has 2 aromatic carbocycles. The van der Waals surface area contributed by atoms with Crippen molar-refractivity contribution in [1.82, 2.24) is 4.98 Å². The molecule has 0 N–H and O–H groups in total. The molecule has 1 aliphatic heterocycles. The Kier molecular flexibility index (Phi) is 4.44. The van der Waals surface area contributed by atoms with Crippen LogP contribution in [0.3, 0.4) is 0 Å². The van der Waals surface area contributed by atoms with Crippen molar-refractivity contribution < 1.29 is 13.9 Å². The Bertz CT molecular complexity index is 1010. The average molecular weight is 382 g/mol. The van der Waals surface area contributed by atoms with Crippen LogP contribution in [0.25, 0.3) is 11.3 Å². The van der Waals surface area contributed by atoms with Crippen LogP contribution < -0.4 is 9.47 Å². The maximum atomic E-state index is 13.0. The van der Waals surface area contributed by atoms with Gasteiger partial charge in [0.1, 0.15) is 11.4 Å². The van der Waals surface area contributed by atoms with E-state index in [1.165, 1.54) is 23.5 Å². The highest BCUT2D eigenvalue weighted by molar-refractivity contribution is 7.13. The van der Waals surface area contributed by atoms with Crippen LogP contribution >= 0.6 is 11.3 Å². The van der Waals surface area contributed by atoms with E-state index in [0.29, 0.717) is 5.13 Å². The van der Waals surface area contributed by atoms with Crippen LogP contribution in [-0.4, -0.2) is 23.9 Å². The molecule has 27 heavy (non-hydrogen) atoms. The monoisotopic (exact) mass is 382 g/mol. The number of ether oxygens (including phenoxy) is 2. The lowest BCUT2D eigenvalue weighted by Gasteiger charge is -2.17. The van der Waals surface area contributed by atoms with Gasteiger partial charge < -0.3 is 9.47 Å². The molecule has 0 fully saturated rings. The van der Waals surface area contributed by atoms with Gasteiger partial charge in [-0.2, -0.15) is 0 Å². The minimum absolute atomic E-state index is 0.235. The van der Waals surface area contributed by atoms with Crippen LogP contribution in [0, 0.1) is 5.82 Å². The summed E-state index contributed by atoms with van der Waals surface area (Å²) in [6.07, 6.45) is 2.51. The molecule has 0 amide bonds. The van der Waals surface area contributed by atoms with Crippen molar-refractivity contribution in [3.05, 3.63) is 58.7 Å². The first-order valence-electron chi connectivity index (χ1n) is 8.59. The number of aromatic nitrogens is 1. The number of benzene rings is 2. The molecule has 0 saturated heterocycles. The normalized spacial score (nSPS) is 15.0. The van der Waals surface area contributed by atoms with E-state index in [9.17, 15) is 4.39 Å². The maximum Gasteiger partial charge on any atom is 0.209 e. The van der Waals surface area contributed by atoms with E-state index in [2.05, 4.69) is 29.9 Å². The van der Waals surface area contributed by atoms with Gasteiger partial charge in [0.2, 0.25) is 5.13 Å². The zero-order chi connectivity index (χ0) is 19.0. The number of hydrogen-bond acceptors (Lipinski definition) is 5. The second kappa shape index (κ2) is 6.78. The second-order valence-corrected chi connectivity index (χ2v) is 7.87. The van der Waals surface area contributed by atoms with Crippen LogP contribution in [0.2, 0.25) is 0 Å². The lowest BCUT2D eigenvalue weighted by molar-refractivity contribution is 0.134. The van der Waals surface area contributed by atoms with Gasteiger partial charge in [0, 0.05) is 29.1 Å². The highest BCUT2D eigenvalue weighted by atomic mass is 32.1. The summed E-state index contributed by atoms with van der Waals surface area (Å²) in [7, 11) is 1.65. The number of aliphatic imine (C=N–C) groups is 1. The van der Waals surface area contributed by atoms with Crippen molar-refractivity contribution in [1.29, 1.82) is 0 Å². The smallest absolute Gasteiger partial charge is 0.209 e. The van der Waals surface area contributed by atoms with Crippen LogP contribution in [0.4, 0.5) is 9.52 Å². The third-order valence-electron chi connectivity index (χ3n) is 4.33. The molecule has 1 aliphatic rings. The van der Waals surface area contributed by atoms with Gasteiger partial charge in [-0.3, -0.25) is 0 Å². The Morgan fingerprint density at radius 1 is 1.26 bits per heavy atom. The largest absolute Gasteiger partial charge is 0.493 e. The number of rotatable bonds is 4. The molecule has 0 aliphatic carbocycles. The van der Waals surface area contributed by atoms with Gasteiger partial charge in [-0.15, -0.1) is 11.3 Å². The summed E-state index contributed by atoms with van der Waals surface area (Å²) in [5.41, 5.74) is 3.54. The van der Waals surface area contributed by atoms with Gasteiger partial charge in [0.25, 0.3) is 0 Å². The number of hydrogen-bond donors (Lipinski definition) is 0. The Morgan fingerprint density at radius 2 is 2.04 bits per heavy atom. The summed E-state index contributed by atoms with van der Waals surface area (Å²) in [6.45, 7) is 4.13. The molecule has 6 heteroatoms. The van der Waals surface area contributed by atoms with Crippen LogP contribution in [0.5, 0.6) is 11.5 Å². The Labute approximate surface area is 161 Å². The lowest BCUT2D eigenvalue weighted by atomic mass is 9.99. The minimum Gasteiger partial charge on any atom is -0.493 e. The first-order chi connectivity index (χ1) is 12.9. The molecule has 0 spiro atoms. The fraction of sp³-hybridized carbons (Fsp3) is 0.238. The van der Waals surface area contributed by atoms with Gasteiger partial charge >= 0.3 is 0 Å². The van der Waals surface area contributed by atoms with E-state index in [4.69, 9.17) is 9.47 Å². The molecular formula is C21H19FN2O2S. The van der Waals surface area contributed by atoms with Crippen LogP contribution in [-0.2, 0) is 6.42 Å². The number of thiazole rings is 1. The van der Waals surface area contributed by atoms with E-state index in [0.717, 1.165) is 40.3 Å². The minimum atomic E-state index is -0.263. The molecule has 4 rings (SSSR count). The second-order valence-electron chi connectivity index (χ2n) is 7.03. The van der Waals surface area contributed by atoms with E-state index in [-0.39, 0.29) is 11.4 Å². The van der Waals surface area contributed by atoms with Crippen LogP contribution in [0.15, 0.2) is 46.8 Å². The first-order valence-corrected chi connectivity index (χ1v) is 9.47. The first kappa shape index (κ1) is 17.7. The molecule has 3 aromatic rings. The van der Waals surface area contributed by atoms with Gasteiger partial charge in [-0.25, -0.2) is 14.4 Å². The quantitative estimate of drug-likeness (QED) is 0.566. The van der Waals surface area contributed by atoms with Crippen molar-refractivity contribution in [3.8, 4) is 22.8 Å². The van der Waals surface area contributed by atoms with Crippen LogP contribution in [0.1, 0.15) is 25.0 Å². The van der Waals surface area contributed by atoms with E-state index in [1.807, 2.05) is 11.4 Å². The van der Waals surface area contributed by atoms with Gasteiger partial charge in [0.15, 0.2) is 11.5 Å². The average Bonchev–Trinajstić information content (AvgIpc) is 3.23. The molecule has 0 saturated carbocycles. The summed E-state index contributed by atoms with van der Waals surface area (Å²) < 4.78 is 24.5. The third kappa shape index (κ3) is 3.71. The van der Waals surface area contributed by atoms with E-state index in [1.54, 1.807) is 25.5 Å². The number of fused-ring (bicyclic) bond motifs is 1. The number of methoxy groups -OCH3 is 1. The van der Waals surface area contributed by atoms with Crippen molar-refractivity contribution in [3.63, 3.8) is 0 Å². The molecule has 0 atom stereocenters. The Balaban J connectivity index is 1.61. The summed E-state index contributed by atoms with van der Waals surface area (Å²) in [4.78, 5) is 9.00. The molecule has 0 unspecified atom stereocenters. The fourth-order valence-corrected chi connectivity index (χ4v) is 3.78. The zero-order valence-electron chi connectivity index (χ0n) is 15.3.